The molecule has 2 amide bonds. The Morgan fingerprint density at radius 1 is 1.16 bits per heavy atom. The molecule has 0 aliphatic carbocycles. The second kappa shape index (κ2) is 7.40. The first-order valence-electron chi connectivity index (χ1n) is 7.59. The number of ether oxygens (including phenoxy) is 1. The lowest BCUT2D eigenvalue weighted by Gasteiger charge is -2.15. The lowest BCUT2D eigenvalue weighted by atomic mass is 10.1. The predicted octanol–water partition coefficient (Wildman–Crippen LogP) is 3.11. The molecular formula is C18H16N2O4S. The van der Waals surface area contributed by atoms with E-state index in [1.165, 1.54) is 12.0 Å². The van der Waals surface area contributed by atoms with Crippen LogP contribution in [0.3, 0.4) is 0 Å². The standard InChI is InChI=1S/C18H16N2O4S/c1-24-17(22)13-7-5-6-12(10-13)11-20-16(21)15(25-18(20)23)19-14-8-3-2-4-9-14/h2-10,15,19H,11H2,1H3/t15-/m0/s1. The van der Waals surface area contributed by atoms with E-state index in [1.807, 2.05) is 30.3 Å². The van der Waals surface area contributed by atoms with E-state index in [0.717, 1.165) is 17.4 Å². The molecule has 0 bridgehead atoms. The maximum absolute atomic E-state index is 12.5. The van der Waals surface area contributed by atoms with E-state index in [4.69, 9.17) is 0 Å². The highest BCUT2D eigenvalue weighted by Gasteiger charge is 2.39. The zero-order chi connectivity index (χ0) is 17.8. The minimum Gasteiger partial charge on any atom is -0.465 e. The number of imide groups is 1. The number of anilines is 1. The van der Waals surface area contributed by atoms with Crippen LogP contribution in [-0.4, -0.2) is 34.5 Å². The Morgan fingerprint density at radius 2 is 1.92 bits per heavy atom. The third kappa shape index (κ3) is 3.83. The third-order valence-corrected chi connectivity index (χ3v) is 4.67. The summed E-state index contributed by atoms with van der Waals surface area (Å²) in [6, 6.07) is 15.9. The van der Waals surface area contributed by atoms with Gasteiger partial charge in [-0.2, -0.15) is 0 Å². The van der Waals surface area contributed by atoms with Gasteiger partial charge in [-0.25, -0.2) is 4.79 Å². The van der Waals surface area contributed by atoms with Crippen molar-refractivity contribution in [2.45, 2.75) is 11.9 Å². The number of para-hydroxylation sites is 1. The lowest BCUT2D eigenvalue weighted by molar-refractivity contribution is -0.126. The van der Waals surface area contributed by atoms with Crippen molar-refractivity contribution < 1.29 is 19.1 Å². The van der Waals surface area contributed by atoms with Gasteiger partial charge in [0.05, 0.1) is 19.2 Å². The minimum atomic E-state index is -0.654. The molecule has 0 saturated carbocycles. The second-order valence-corrected chi connectivity index (χ2v) is 6.45. The molecule has 0 aromatic heterocycles. The summed E-state index contributed by atoms with van der Waals surface area (Å²) in [6.45, 7) is 0.114. The molecule has 128 valence electrons. The number of thioether (sulfide) groups is 1. The molecule has 1 saturated heterocycles. The fourth-order valence-electron chi connectivity index (χ4n) is 2.46. The Labute approximate surface area is 149 Å². The van der Waals surface area contributed by atoms with Gasteiger partial charge in [0.2, 0.25) is 0 Å². The van der Waals surface area contributed by atoms with Gasteiger partial charge < -0.3 is 10.1 Å². The number of nitrogens with one attached hydrogen (secondary N) is 1. The van der Waals surface area contributed by atoms with Crippen LogP contribution in [0, 0.1) is 0 Å². The monoisotopic (exact) mass is 356 g/mol. The molecule has 1 fully saturated rings. The fraction of sp³-hybridized carbons (Fsp3) is 0.167. The molecule has 2 aromatic rings. The Morgan fingerprint density at radius 3 is 2.64 bits per heavy atom. The second-order valence-electron chi connectivity index (χ2n) is 5.39. The molecule has 1 atom stereocenters. The lowest BCUT2D eigenvalue weighted by Crippen LogP contribution is -2.33. The Bertz CT molecular complexity index is 810. The summed E-state index contributed by atoms with van der Waals surface area (Å²) in [5.74, 6) is -0.763. The molecule has 3 rings (SSSR count). The highest BCUT2D eigenvalue weighted by molar-refractivity contribution is 8.15. The maximum Gasteiger partial charge on any atom is 0.337 e. The summed E-state index contributed by atoms with van der Waals surface area (Å²) in [7, 11) is 1.30. The summed E-state index contributed by atoms with van der Waals surface area (Å²) in [4.78, 5) is 37.5. The van der Waals surface area contributed by atoms with Crippen LogP contribution >= 0.6 is 11.8 Å². The highest BCUT2D eigenvalue weighted by Crippen LogP contribution is 2.29. The van der Waals surface area contributed by atoms with Crippen LogP contribution in [0.5, 0.6) is 0 Å². The molecule has 2 aromatic carbocycles. The summed E-state index contributed by atoms with van der Waals surface area (Å²) in [5.41, 5.74) is 1.84. The van der Waals surface area contributed by atoms with Crippen LogP contribution in [0.2, 0.25) is 0 Å². The van der Waals surface area contributed by atoms with Crippen LogP contribution < -0.4 is 5.32 Å². The average Bonchev–Trinajstić information content (AvgIpc) is 2.89. The molecule has 6 nitrogen and oxygen atoms in total. The van der Waals surface area contributed by atoms with E-state index in [0.29, 0.717) is 11.1 Å². The first kappa shape index (κ1) is 17.0. The third-order valence-electron chi connectivity index (χ3n) is 3.69. The van der Waals surface area contributed by atoms with E-state index in [-0.39, 0.29) is 17.7 Å². The van der Waals surface area contributed by atoms with E-state index in [9.17, 15) is 14.4 Å². The summed E-state index contributed by atoms with van der Waals surface area (Å²) in [5, 5.41) is 2.08. The van der Waals surface area contributed by atoms with Crippen molar-refractivity contribution in [3.8, 4) is 0 Å². The van der Waals surface area contributed by atoms with Crippen molar-refractivity contribution in [2.75, 3.05) is 12.4 Å². The molecule has 1 heterocycles. The molecule has 25 heavy (non-hydrogen) atoms. The van der Waals surface area contributed by atoms with Gasteiger partial charge in [0, 0.05) is 5.69 Å². The Kier molecular flexibility index (Phi) is 5.04. The fourth-order valence-corrected chi connectivity index (χ4v) is 3.37. The number of methoxy groups -OCH3 is 1. The minimum absolute atomic E-state index is 0.114. The van der Waals surface area contributed by atoms with Crippen LogP contribution in [-0.2, 0) is 16.1 Å². The van der Waals surface area contributed by atoms with Crippen molar-refractivity contribution in [1.29, 1.82) is 0 Å². The number of carbonyl (C=O) groups excluding carboxylic acids is 3. The first-order valence-corrected chi connectivity index (χ1v) is 8.47. The molecule has 7 heteroatoms. The van der Waals surface area contributed by atoms with Crippen molar-refractivity contribution in [2.24, 2.45) is 0 Å². The van der Waals surface area contributed by atoms with Crippen LogP contribution in [0.4, 0.5) is 10.5 Å². The number of hydrogen-bond donors (Lipinski definition) is 1. The Balaban J connectivity index is 1.72. The smallest absolute Gasteiger partial charge is 0.337 e. The van der Waals surface area contributed by atoms with Gasteiger partial charge in [0.1, 0.15) is 0 Å². The van der Waals surface area contributed by atoms with Gasteiger partial charge >= 0.3 is 5.97 Å². The van der Waals surface area contributed by atoms with Gasteiger partial charge in [-0.15, -0.1) is 0 Å². The number of nitrogens with zero attached hydrogens (tertiary/aromatic N) is 1. The van der Waals surface area contributed by atoms with Crippen molar-refractivity contribution >= 4 is 34.6 Å². The summed E-state index contributed by atoms with van der Waals surface area (Å²) in [6.07, 6.45) is 0. The van der Waals surface area contributed by atoms with Gasteiger partial charge in [0.25, 0.3) is 11.1 Å². The topological polar surface area (TPSA) is 75.7 Å². The predicted molar refractivity (Wildman–Crippen MR) is 95.2 cm³/mol. The molecule has 1 N–H and O–H groups in total. The Hall–Kier alpha value is -2.80. The normalized spacial score (nSPS) is 16.8. The van der Waals surface area contributed by atoms with E-state index in [2.05, 4.69) is 10.1 Å². The zero-order valence-electron chi connectivity index (χ0n) is 13.5. The van der Waals surface area contributed by atoms with Gasteiger partial charge in [-0.1, -0.05) is 30.3 Å². The first-order chi connectivity index (χ1) is 12.1. The summed E-state index contributed by atoms with van der Waals surface area (Å²) < 4.78 is 4.69. The van der Waals surface area contributed by atoms with Crippen LogP contribution in [0.15, 0.2) is 54.6 Å². The number of rotatable bonds is 5. The molecule has 0 unspecified atom stereocenters. The van der Waals surface area contributed by atoms with Gasteiger partial charge in [0.15, 0.2) is 5.37 Å². The number of carbonyl (C=O) groups is 3. The van der Waals surface area contributed by atoms with E-state index in [1.54, 1.807) is 24.3 Å². The number of hydrogen-bond acceptors (Lipinski definition) is 6. The number of benzene rings is 2. The maximum atomic E-state index is 12.5. The molecular weight excluding hydrogens is 340 g/mol. The zero-order valence-corrected chi connectivity index (χ0v) is 14.3. The average molecular weight is 356 g/mol. The van der Waals surface area contributed by atoms with Crippen LogP contribution in [0.25, 0.3) is 0 Å². The van der Waals surface area contributed by atoms with E-state index < -0.39 is 11.3 Å². The quantitative estimate of drug-likeness (QED) is 0.830. The highest BCUT2D eigenvalue weighted by atomic mass is 32.2. The van der Waals surface area contributed by atoms with Crippen molar-refractivity contribution in [1.82, 2.24) is 4.90 Å². The molecule has 1 aliphatic heterocycles. The van der Waals surface area contributed by atoms with E-state index >= 15 is 0 Å². The molecule has 0 radical (unpaired) electrons. The van der Waals surface area contributed by atoms with Crippen LogP contribution in [0.1, 0.15) is 15.9 Å². The number of esters is 1. The largest absolute Gasteiger partial charge is 0.465 e. The SMILES string of the molecule is COC(=O)c1cccc(CN2C(=O)S[C@H](Nc3ccccc3)C2=O)c1. The van der Waals surface area contributed by atoms with Gasteiger partial charge in [-0.3, -0.25) is 14.5 Å². The van der Waals surface area contributed by atoms with Crippen molar-refractivity contribution in [3.05, 3.63) is 65.7 Å². The molecule has 1 aliphatic rings. The molecule has 0 spiro atoms. The number of amides is 2. The van der Waals surface area contributed by atoms with Gasteiger partial charge in [-0.05, 0) is 41.6 Å². The summed E-state index contributed by atoms with van der Waals surface area (Å²) >= 11 is 0.946. The van der Waals surface area contributed by atoms with Crippen molar-refractivity contribution in [3.63, 3.8) is 0 Å².